The maximum Gasteiger partial charge on any atom is 0.343 e. The van der Waals surface area contributed by atoms with E-state index in [2.05, 4.69) is 6.58 Å². The van der Waals surface area contributed by atoms with Crippen LogP contribution in [0.25, 0.3) is 0 Å². The van der Waals surface area contributed by atoms with Gasteiger partial charge in [-0.2, -0.15) is 0 Å². The second-order valence-corrected chi connectivity index (χ2v) is 6.22. The van der Waals surface area contributed by atoms with Crippen LogP contribution in [0, 0.1) is 0 Å². The van der Waals surface area contributed by atoms with E-state index in [0.29, 0.717) is 30.0 Å². The molecule has 6 heteroatoms. The van der Waals surface area contributed by atoms with Gasteiger partial charge in [0.05, 0.1) is 19.3 Å². The molecule has 2 rings (SSSR count). The summed E-state index contributed by atoms with van der Waals surface area (Å²) in [5.74, 6) is 1.54. The zero-order valence-corrected chi connectivity index (χ0v) is 17.7. The first-order valence-corrected chi connectivity index (χ1v) is 9.78. The molecule has 0 N–H and O–H groups in total. The second kappa shape index (κ2) is 15.8. The lowest BCUT2D eigenvalue weighted by Gasteiger charge is -2.08. The normalized spacial score (nSPS) is 9.67. The fourth-order valence-electron chi connectivity index (χ4n) is 2.39. The van der Waals surface area contributed by atoms with E-state index in [4.69, 9.17) is 23.7 Å². The monoisotopic (exact) mass is 414 g/mol. The number of hydrogen-bond donors (Lipinski definition) is 0. The Morgan fingerprint density at radius 3 is 1.90 bits per heavy atom. The number of rotatable bonds is 12. The molecule has 0 radical (unpaired) electrons. The van der Waals surface area contributed by atoms with Gasteiger partial charge in [-0.05, 0) is 73.9 Å². The van der Waals surface area contributed by atoms with Crippen LogP contribution in [0.1, 0.15) is 36.0 Å². The van der Waals surface area contributed by atoms with Crippen LogP contribution in [0.3, 0.4) is 0 Å². The van der Waals surface area contributed by atoms with Gasteiger partial charge in [0.1, 0.15) is 23.5 Å². The number of ether oxygens (including phenoxy) is 4. The molecule has 0 amide bonds. The smallest absolute Gasteiger partial charge is 0.343 e. The molecule has 0 aromatic heterocycles. The molecule has 6 nitrogen and oxygen atoms in total. The van der Waals surface area contributed by atoms with Gasteiger partial charge in [0.25, 0.3) is 0 Å². The number of methoxy groups -OCH3 is 2. The summed E-state index contributed by atoms with van der Waals surface area (Å²) in [5, 5.41) is 0. The zero-order chi connectivity index (χ0) is 22.0. The predicted molar refractivity (Wildman–Crippen MR) is 116 cm³/mol. The Morgan fingerprint density at radius 2 is 1.37 bits per heavy atom. The van der Waals surface area contributed by atoms with Crippen LogP contribution in [0.4, 0.5) is 0 Å². The van der Waals surface area contributed by atoms with Crippen LogP contribution in [-0.2, 0) is 9.53 Å². The van der Waals surface area contributed by atoms with Crippen molar-refractivity contribution in [3.63, 3.8) is 0 Å². The molecule has 0 spiro atoms. The van der Waals surface area contributed by atoms with Crippen molar-refractivity contribution in [3.05, 3.63) is 66.7 Å². The van der Waals surface area contributed by atoms with Crippen molar-refractivity contribution in [1.82, 2.24) is 0 Å². The highest BCUT2D eigenvalue weighted by atomic mass is 16.5. The molecule has 0 fully saturated rings. The van der Waals surface area contributed by atoms with Gasteiger partial charge in [-0.15, -0.1) is 0 Å². The van der Waals surface area contributed by atoms with Crippen LogP contribution in [0.5, 0.6) is 17.2 Å². The van der Waals surface area contributed by atoms with E-state index in [1.807, 2.05) is 0 Å². The number of allylic oxidation sites excluding steroid dienone is 1. The number of unbranched alkanes of at least 4 members (excludes halogenated alkanes) is 3. The first-order valence-electron chi connectivity index (χ1n) is 9.78. The first-order chi connectivity index (χ1) is 14.6. The molecule has 162 valence electrons. The second-order valence-electron chi connectivity index (χ2n) is 6.22. The summed E-state index contributed by atoms with van der Waals surface area (Å²) in [5.41, 5.74) is 0.479. The number of hydrogen-bond acceptors (Lipinski definition) is 6. The van der Waals surface area contributed by atoms with Crippen LogP contribution < -0.4 is 14.2 Å². The Kier molecular flexibility index (Phi) is 13.1. The number of esters is 1. The minimum absolute atomic E-state index is 0.403. The highest BCUT2D eigenvalue weighted by Crippen LogP contribution is 2.19. The van der Waals surface area contributed by atoms with Gasteiger partial charge in [-0.25, -0.2) is 4.79 Å². The fourth-order valence-corrected chi connectivity index (χ4v) is 2.39. The SMILES string of the molecule is C=CC=O.COCCCCCCOc1ccc(C(=O)Oc2ccc(OC)cc2)cc1. The Balaban J connectivity index is 0.00000103. The third kappa shape index (κ3) is 10.4. The summed E-state index contributed by atoms with van der Waals surface area (Å²) in [7, 11) is 3.31. The van der Waals surface area contributed by atoms with Crippen molar-refractivity contribution in [3.8, 4) is 17.2 Å². The Labute approximate surface area is 178 Å². The van der Waals surface area contributed by atoms with E-state index in [0.717, 1.165) is 38.0 Å². The summed E-state index contributed by atoms with van der Waals surface area (Å²) in [6.45, 7) is 4.59. The molecule has 0 aliphatic carbocycles. The molecule has 2 aromatic rings. The van der Waals surface area contributed by atoms with Gasteiger partial charge < -0.3 is 18.9 Å². The topological polar surface area (TPSA) is 71.1 Å². The Bertz CT molecular complexity index is 731. The minimum Gasteiger partial charge on any atom is -0.497 e. The van der Waals surface area contributed by atoms with Crippen LogP contribution in [-0.4, -0.2) is 39.7 Å². The summed E-state index contributed by atoms with van der Waals surface area (Å²) < 4.78 is 21.1. The van der Waals surface area contributed by atoms with Crippen LogP contribution in [0.15, 0.2) is 61.2 Å². The van der Waals surface area contributed by atoms with Gasteiger partial charge in [0.15, 0.2) is 0 Å². The molecule has 0 aliphatic rings. The molecular weight excluding hydrogens is 384 g/mol. The molecule has 0 aliphatic heterocycles. The van der Waals surface area contributed by atoms with E-state index in [9.17, 15) is 4.79 Å². The lowest BCUT2D eigenvalue weighted by atomic mass is 10.2. The predicted octanol–water partition coefficient (Wildman–Crippen LogP) is 4.87. The van der Waals surface area contributed by atoms with Crippen molar-refractivity contribution in [1.29, 1.82) is 0 Å². The quantitative estimate of drug-likeness (QED) is 0.162. The van der Waals surface area contributed by atoms with Gasteiger partial charge in [-0.3, -0.25) is 4.79 Å². The lowest BCUT2D eigenvalue weighted by Crippen LogP contribution is -2.08. The molecule has 2 aromatic carbocycles. The van der Waals surface area contributed by atoms with Crippen molar-refractivity contribution in [2.24, 2.45) is 0 Å². The third-order valence-corrected chi connectivity index (χ3v) is 3.97. The molecule has 0 atom stereocenters. The number of carbonyl (C=O) groups is 2. The molecule has 0 bridgehead atoms. The van der Waals surface area contributed by atoms with Crippen molar-refractivity contribution >= 4 is 12.3 Å². The highest BCUT2D eigenvalue weighted by molar-refractivity contribution is 5.91. The van der Waals surface area contributed by atoms with E-state index < -0.39 is 5.97 Å². The van der Waals surface area contributed by atoms with E-state index >= 15 is 0 Å². The van der Waals surface area contributed by atoms with E-state index in [1.54, 1.807) is 62.8 Å². The van der Waals surface area contributed by atoms with Crippen LogP contribution in [0.2, 0.25) is 0 Å². The molecule has 0 saturated carbocycles. The van der Waals surface area contributed by atoms with Crippen molar-refractivity contribution in [2.75, 3.05) is 27.4 Å². The standard InChI is InChI=1S/C21H26O5.C3H4O/c1-23-15-5-3-4-6-16-25-19-9-7-17(8-10-19)21(22)26-20-13-11-18(24-2)12-14-20;1-2-3-4/h7-14H,3-6,15-16H2,1-2H3;2-3H,1H2. The minimum atomic E-state index is -0.403. The molecule has 30 heavy (non-hydrogen) atoms. The van der Waals surface area contributed by atoms with Crippen molar-refractivity contribution < 1.29 is 28.5 Å². The Morgan fingerprint density at radius 1 is 0.833 bits per heavy atom. The molecule has 0 unspecified atom stereocenters. The molecule has 0 heterocycles. The third-order valence-electron chi connectivity index (χ3n) is 3.97. The van der Waals surface area contributed by atoms with Crippen molar-refractivity contribution in [2.45, 2.75) is 25.7 Å². The zero-order valence-electron chi connectivity index (χ0n) is 17.7. The maximum absolute atomic E-state index is 12.2. The summed E-state index contributed by atoms with van der Waals surface area (Å²) in [6, 6.07) is 13.9. The fraction of sp³-hybridized carbons (Fsp3) is 0.333. The average Bonchev–Trinajstić information content (AvgIpc) is 2.79. The van der Waals surface area contributed by atoms with Gasteiger partial charge in [0.2, 0.25) is 0 Å². The first kappa shape index (κ1) is 24.9. The average molecular weight is 414 g/mol. The van der Waals surface area contributed by atoms with Gasteiger partial charge in [0, 0.05) is 13.7 Å². The van der Waals surface area contributed by atoms with Crippen LogP contribution >= 0.6 is 0 Å². The summed E-state index contributed by atoms with van der Waals surface area (Å²) >= 11 is 0. The largest absolute Gasteiger partial charge is 0.497 e. The number of benzene rings is 2. The molecular formula is C24H30O6. The summed E-state index contributed by atoms with van der Waals surface area (Å²) in [6.07, 6.45) is 6.19. The number of aldehydes is 1. The van der Waals surface area contributed by atoms with E-state index in [-0.39, 0.29) is 0 Å². The van der Waals surface area contributed by atoms with Gasteiger partial charge in [-0.1, -0.05) is 13.0 Å². The Hall–Kier alpha value is -3.12. The number of carbonyl (C=O) groups excluding carboxylic acids is 2. The van der Waals surface area contributed by atoms with Gasteiger partial charge >= 0.3 is 5.97 Å². The highest BCUT2D eigenvalue weighted by Gasteiger charge is 2.09. The summed E-state index contributed by atoms with van der Waals surface area (Å²) in [4.78, 5) is 21.2. The maximum atomic E-state index is 12.2. The molecule has 0 saturated heterocycles. The van der Waals surface area contributed by atoms with E-state index in [1.165, 1.54) is 6.08 Å². The lowest BCUT2D eigenvalue weighted by molar-refractivity contribution is -0.104.